The third-order valence-electron chi connectivity index (χ3n) is 21.0. The Morgan fingerprint density at radius 1 is 0.186 bits per heavy atom. The molecule has 4 heterocycles. The molecule has 102 heavy (non-hydrogen) atoms. The van der Waals surface area contributed by atoms with Crippen molar-refractivity contribution in [2.24, 2.45) is 0 Å². The predicted octanol–water partition coefficient (Wildman–Crippen LogP) is 26.2. The van der Waals surface area contributed by atoms with Gasteiger partial charge in [-0.25, -0.2) is 4.39 Å². The fourth-order valence-electron chi connectivity index (χ4n) is 16.4. The van der Waals surface area contributed by atoms with Crippen LogP contribution in [0.1, 0.15) is 5.56 Å². The van der Waals surface area contributed by atoms with Crippen molar-refractivity contribution in [3.63, 3.8) is 0 Å². The molecule has 0 aliphatic heterocycles. The fourth-order valence-corrected chi connectivity index (χ4v) is 16.4. The SMILES string of the molecule is Cc1cc(-c2ccc(-c3cccc(-c4cccc(-n5c6ccccc6c6cc(-c7cccc8c9ccccc9n(-c9cc(F)cc(-c%10ccc(-c%11ccccc%11)cc%10)c9)c78)ccc65)c4)c3)cc2)cc(-n2c3ccccc3c3cccc(-c4ccc5c(c4)c4ccccc4n5-c4ccccc4)c32)c1. The summed E-state index contributed by atoms with van der Waals surface area (Å²) in [6.07, 6.45) is 0. The number of rotatable bonds is 11. The maximum absolute atomic E-state index is 16.2. The smallest absolute Gasteiger partial charge is 0.125 e. The zero-order valence-corrected chi connectivity index (χ0v) is 55.8. The lowest BCUT2D eigenvalue weighted by Crippen LogP contribution is -1.97. The minimum absolute atomic E-state index is 0.287. The van der Waals surface area contributed by atoms with Gasteiger partial charge in [-0.2, -0.15) is 0 Å². The van der Waals surface area contributed by atoms with Gasteiger partial charge in [-0.3, -0.25) is 0 Å². The number of hydrogen-bond donors (Lipinski definition) is 0. The molecule has 0 fully saturated rings. The van der Waals surface area contributed by atoms with E-state index in [1.165, 1.54) is 71.3 Å². The van der Waals surface area contributed by atoms with E-state index in [-0.39, 0.29) is 5.82 Å². The quantitative estimate of drug-likeness (QED) is 0.123. The van der Waals surface area contributed by atoms with Crippen molar-refractivity contribution < 1.29 is 4.39 Å². The average molecular weight is 1300 g/mol. The van der Waals surface area contributed by atoms with Crippen LogP contribution in [0.3, 0.4) is 0 Å². The summed E-state index contributed by atoms with van der Waals surface area (Å²) < 4.78 is 25.7. The molecule has 0 unspecified atom stereocenters. The lowest BCUT2D eigenvalue weighted by Gasteiger charge is -2.15. The molecule has 5 heteroatoms. The standard InChI is InChI=1S/C97H63FN4/c1-62-52-73(57-78(53-62)101-92-38-14-8-28-82(92)86-34-18-32-80(96(86)101)71-48-50-94-88(59-71)84-30-10-12-36-90(84)99(94)76-25-6-3-7-26-76)66-46-42-65(43-47-66)68-22-16-23-69(54-68)70-24-17-27-77(56-70)100-91-37-13-11-31-85(91)89-60-72(49-51-95(89)100)81-33-19-35-87-83-29-9-15-39-93(83)102(97(81)87)79-58-74(55-75(98)61-79)67-44-40-64(41-45-67)63-20-4-2-5-21-63/h2-61H,1H3. The average Bonchev–Trinajstić information content (AvgIpc) is 1.57. The van der Waals surface area contributed by atoms with E-state index in [1.807, 2.05) is 6.07 Å². The number of benzene rings is 16. The first-order valence-corrected chi connectivity index (χ1v) is 35.0. The Morgan fingerprint density at radius 3 is 1.06 bits per heavy atom. The van der Waals surface area contributed by atoms with Gasteiger partial charge in [0.2, 0.25) is 0 Å². The largest absolute Gasteiger partial charge is 0.309 e. The molecule has 0 saturated carbocycles. The van der Waals surface area contributed by atoms with Gasteiger partial charge in [-0.15, -0.1) is 0 Å². The van der Waals surface area contributed by atoms with Gasteiger partial charge < -0.3 is 18.3 Å². The normalized spacial score (nSPS) is 11.8. The van der Waals surface area contributed by atoms with Crippen LogP contribution >= 0.6 is 0 Å². The molecule has 20 aromatic rings. The molecule has 0 amide bonds. The first kappa shape index (κ1) is 58.8. The number of halogens is 1. The zero-order chi connectivity index (χ0) is 67.5. The minimum Gasteiger partial charge on any atom is -0.309 e. The number of nitrogens with zero attached hydrogens (tertiary/aromatic N) is 4. The summed E-state index contributed by atoms with van der Waals surface area (Å²) in [5, 5.41) is 9.47. The second-order valence-corrected chi connectivity index (χ2v) is 27.0. The fraction of sp³-hybridized carbons (Fsp3) is 0.0103. The van der Waals surface area contributed by atoms with E-state index >= 15 is 4.39 Å². The van der Waals surface area contributed by atoms with Gasteiger partial charge in [0.15, 0.2) is 0 Å². The highest BCUT2D eigenvalue weighted by molar-refractivity contribution is 6.18. The number of aryl methyl sites for hydroxylation is 1. The van der Waals surface area contributed by atoms with Gasteiger partial charge in [-0.1, -0.05) is 255 Å². The summed E-state index contributed by atoms with van der Waals surface area (Å²) in [7, 11) is 0. The molecular weight excluding hydrogens is 1240 g/mol. The Hall–Kier alpha value is -13.4. The van der Waals surface area contributed by atoms with Gasteiger partial charge >= 0.3 is 0 Å². The first-order chi connectivity index (χ1) is 50.4. The van der Waals surface area contributed by atoms with Crippen LogP contribution in [0.5, 0.6) is 0 Å². The Balaban J connectivity index is 0.626. The van der Waals surface area contributed by atoms with Crippen LogP contribution in [0, 0.1) is 12.7 Å². The third kappa shape index (κ3) is 9.65. The van der Waals surface area contributed by atoms with Crippen molar-refractivity contribution >= 4 is 87.2 Å². The Morgan fingerprint density at radius 2 is 0.520 bits per heavy atom. The Labute approximate surface area is 589 Å². The van der Waals surface area contributed by atoms with Gasteiger partial charge in [0.1, 0.15) is 5.82 Å². The molecule has 0 atom stereocenters. The predicted molar refractivity (Wildman–Crippen MR) is 427 cm³/mol. The van der Waals surface area contributed by atoms with Crippen molar-refractivity contribution in [1.29, 1.82) is 0 Å². The van der Waals surface area contributed by atoms with Crippen molar-refractivity contribution in [3.05, 3.63) is 375 Å². The minimum atomic E-state index is -0.287. The topological polar surface area (TPSA) is 19.7 Å². The molecule has 478 valence electrons. The molecular formula is C97H63FN4. The Bertz CT molecular complexity index is 6740. The number of para-hydroxylation sites is 7. The van der Waals surface area contributed by atoms with Gasteiger partial charge in [-0.05, 0) is 188 Å². The molecule has 4 aromatic heterocycles. The number of fused-ring (bicyclic) bond motifs is 12. The summed E-state index contributed by atoms with van der Waals surface area (Å²) in [6.45, 7) is 2.22. The summed E-state index contributed by atoms with van der Waals surface area (Å²) >= 11 is 0. The van der Waals surface area contributed by atoms with Gasteiger partial charge in [0, 0.05) is 77.0 Å². The van der Waals surface area contributed by atoms with Crippen molar-refractivity contribution in [3.8, 4) is 101 Å². The molecule has 0 aliphatic rings. The van der Waals surface area contributed by atoms with Crippen LogP contribution in [0.4, 0.5) is 4.39 Å². The van der Waals surface area contributed by atoms with Crippen molar-refractivity contribution in [2.45, 2.75) is 6.92 Å². The first-order valence-electron chi connectivity index (χ1n) is 35.0. The zero-order valence-electron chi connectivity index (χ0n) is 55.8. The molecule has 20 rings (SSSR count). The number of hydrogen-bond acceptors (Lipinski definition) is 0. The van der Waals surface area contributed by atoms with E-state index in [2.05, 4.69) is 371 Å². The molecule has 0 aliphatic carbocycles. The van der Waals surface area contributed by atoms with E-state index in [0.717, 1.165) is 122 Å². The number of aromatic nitrogens is 4. The van der Waals surface area contributed by atoms with Crippen LogP contribution in [0.25, 0.3) is 188 Å². The second kappa shape index (κ2) is 23.7. The second-order valence-electron chi connectivity index (χ2n) is 27.0. The van der Waals surface area contributed by atoms with Crippen LogP contribution in [0.2, 0.25) is 0 Å². The van der Waals surface area contributed by atoms with Crippen LogP contribution in [-0.4, -0.2) is 18.3 Å². The summed E-state index contributed by atoms with van der Waals surface area (Å²) in [6, 6.07) is 131. The van der Waals surface area contributed by atoms with Crippen molar-refractivity contribution in [1.82, 2.24) is 18.3 Å². The molecule has 0 spiro atoms. The lowest BCUT2D eigenvalue weighted by atomic mass is 9.96. The summed E-state index contributed by atoms with van der Waals surface area (Å²) in [5.74, 6) is -0.287. The Kier molecular flexibility index (Phi) is 13.7. The van der Waals surface area contributed by atoms with E-state index in [0.29, 0.717) is 0 Å². The highest BCUT2D eigenvalue weighted by Gasteiger charge is 2.23. The van der Waals surface area contributed by atoms with Crippen LogP contribution in [0.15, 0.2) is 364 Å². The van der Waals surface area contributed by atoms with Gasteiger partial charge in [0.05, 0.1) is 44.1 Å². The van der Waals surface area contributed by atoms with Crippen LogP contribution < -0.4 is 0 Å². The van der Waals surface area contributed by atoms with Crippen LogP contribution in [-0.2, 0) is 0 Å². The summed E-state index contributed by atoms with van der Waals surface area (Å²) in [4.78, 5) is 0. The van der Waals surface area contributed by atoms with E-state index < -0.39 is 0 Å². The monoisotopic (exact) mass is 1300 g/mol. The van der Waals surface area contributed by atoms with Crippen molar-refractivity contribution in [2.75, 3.05) is 0 Å². The molecule has 0 bridgehead atoms. The lowest BCUT2D eigenvalue weighted by molar-refractivity contribution is 0.627. The molecule has 0 saturated heterocycles. The van der Waals surface area contributed by atoms with Gasteiger partial charge in [0.25, 0.3) is 0 Å². The summed E-state index contributed by atoms with van der Waals surface area (Å²) in [5.41, 5.74) is 29.9. The highest BCUT2D eigenvalue weighted by Crippen LogP contribution is 2.45. The highest BCUT2D eigenvalue weighted by atomic mass is 19.1. The molecule has 0 N–H and O–H groups in total. The maximum atomic E-state index is 16.2. The van der Waals surface area contributed by atoms with E-state index in [4.69, 9.17) is 0 Å². The maximum Gasteiger partial charge on any atom is 0.125 e. The third-order valence-corrected chi connectivity index (χ3v) is 21.0. The molecule has 4 nitrogen and oxygen atoms in total. The molecule has 0 radical (unpaired) electrons. The van der Waals surface area contributed by atoms with E-state index in [1.54, 1.807) is 12.1 Å². The molecule has 16 aromatic carbocycles. The van der Waals surface area contributed by atoms with E-state index in [9.17, 15) is 0 Å².